The summed E-state index contributed by atoms with van der Waals surface area (Å²) in [5.41, 5.74) is 4.34. The molecule has 3 N–H and O–H groups in total. The molecule has 0 aromatic rings. The van der Waals surface area contributed by atoms with Gasteiger partial charge in [-0.05, 0) is 0 Å². The maximum Gasteiger partial charge on any atom is 0.287 e. The molecule has 0 spiro atoms. The van der Waals surface area contributed by atoms with E-state index in [9.17, 15) is 4.79 Å². The minimum atomic E-state index is -0.138. The Balaban J connectivity index is 0. The van der Waals surface area contributed by atoms with Crippen molar-refractivity contribution in [2.24, 2.45) is 5.92 Å². The molecule has 0 heterocycles. The summed E-state index contributed by atoms with van der Waals surface area (Å²) in [4.78, 5) is 10.5. The van der Waals surface area contributed by atoms with E-state index in [0.717, 1.165) is 6.54 Å². The molecular weight excluding hydrogens is 164 g/mol. The number of quaternary nitrogens is 1. The first kappa shape index (κ1) is 13.1. The number of carbonyl (C=O) groups excluding carboxylic acids is 1. The van der Waals surface area contributed by atoms with Crippen molar-refractivity contribution >= 4 is 5.91 Å². The van der Waals surface area contributed by atoms with Crippen LogP contribution in [-0.4, -0.2) is 12.5 Å². The predicted octanol–water partition coefficient (Wildman–Crippen LogP) is -3.57. The topological polar surface area (TPSA) is 45.7 Å². The third-order valence-electron chi connectivity index (χ3n) is 1.02. The van der Waals surface area contributed by atoms with Gasteiger partial charge < -0.3 is 12.4 Å². The Morgan fingerprint density at radius 3 is 2.64 bits per heavy atom. The average Bonchev–Trinajstić information content (AvgIpc) is 1.87. The van der Waals surface area contributed by atoms with Crippen LogP contribution in [0, 0.1) is 5.92 Å². The van der Waals surface area contributed by atoms with E-state index in [1.165, 1.54) is 6.08 Å². The highest BCUT2D eigenvalue weighted by Crippen LogP contribution is 1.80. The number of amides is 1. The van der Waals surface area contributed by atoms with E-state index >= 15 is 0 Å². The number of nitrogens with two attached hydrogens (primary N) is 1. The summed E-state index contributed by atoms with van der Waals surface area (Å²) in [6, 6.07) is 0. The highest BCUT2D eigenvalue weighted by Gasteiger charge is 1.97. The van der Waals surface area contributed by atoms with Crippen LogP contribution in [0.2, 0.25) is 0 Å². The van der Waals surface area contributed by atoms with E-state index < -0.39 is 0 Å². The van der Waals surface area contributed by atoms with E-state index in [0.29, 0.717) is 5.92 Å². The van der Waals surface area contributed by atoms with Crippen molar-refractivity contribution in [1.82, 2.24) is 5.43 Å². The number of hydrogen-bond acceptors (Lipinski definition) is 1. The number of halogens is 1. The van der Waals surface area contributed by atoms with Crippen LogP contribution >= 0.6 is 0 Å². The molecular formula is C7H15ClN2O. The van der Waals surface area contributed by atoms with Crippen LogP contribution in [-0.2, 0) is 4.79 Å². The summed E-state index contributed by atoms with van der Waals surface area (Å²) >= 11 is 0. The zero-order valence-corrected chi connectivity index (χ0v) is 7.69. The van der Waals surface area contributed by atoms with Gasteiger partial charge in [0.15, 0.2) is 0 Å². The van der Waals surface area contributed by atoms with Gasteiger partial charge in [-0.1, -0.05) is 20.4 Å². The minimum absolute atomic E-state index is 0. The summed E-state index contributed by atoms with van der Waals surface area (Å²) in [7, 11) is 0. The van der Waals surface area contributed by atoms with Gasteiger partial charge in [-0.2, -0.15) is 0 Å². The molecule has 0 aromatic heterocycles. The van der Waals surface area contributed by atoms with E-state index in [1.807, 2.05) is 0 Å². The van der Waals surface area contributed by atoms with Gasteiger partial charge >= 0.3 is 0 Å². The standard InChI is InChI=1S/C7H14N2O.ClH/c1-4-7(10)9-8-5-6(2)3;/h4,6,8H,1,5H2,2-3H3,(H,9,10);1H. The summed E-state index contributed by atoms with van der Waals surface area (Å²) in [6.07, 6.45) is 1.26. The van der Waals surface area contributed by atoms with Crippen LogP contribution in [0.5, 0.6) is 0 Å². The number of rotatable bonds is 4. The molecule has 3 nitrogen and oxygen atoms in total. The number of carbonyl (C=O) groups is 1. The van der Waals surface area contributed by atoms with Crippen LogP contribution in [0.4, 0.5) is 0 Å². The second kappa shape index (κ2) is 7.57. The maximum atomic E-state index is 10.5. The summed E-state index contributed by atoms with van der Waals surface area (Å²) in [5, 5.41) is 0. The van der Waals surface area contributed by atoms with Crippen molar-refractivity contribution in [3.05, 3.63) is 12.7 Å². The number of hydrogen-bond donors (Lipinski definition) is 2. The van der Waals surface area contributed by atoms with Crippen molar-refractivity contribution in [2.45, 2.75) is 13.8 Å². The first-order valence-electron chi connectivity index (χ1n) is 3.41. The molecule has 0 aliphatic carbocycles. The van der Waals surface area contributed by atoms with Crippen LogP contribution in [0.25, 0.3) is 0 Å². The van der Waals surface area contributed by atoms with Crippen LogP contribution in [0.1, 0.15) is 13.8 Å². The Morgan fingerprint density at radius 1 is 1.73 bits per heavy atom. The lowest BCUT2D eigenvalue weighted by Gasteiger charge is -2.02. The lowest BCUT2D eigenvalue weighted by atomic mass is 10.2. The van der Waals surface area contributed by atoms with Crippen molar-refractivity contribution < 1.29 is 22.6 Å². The average molecular weight is 179 g/mol. The second-order valence-corrected chi connectivity index (χ2v) is 2.55. The Morgan fingerprint density at radius 2 is 2.27 bits per heavy atom. The zero-order valence-electron chi connectivity index (χ0n) is 6.93. The fraction of sp³-hybridized carbons (Fsp3) is 0.571. The molecule has 0 saturated carbocycles. The molecule has 0 radical (unpaired) electrons. The van der Waals surface area contributed by atoms with Gasteiger partial charge in [-0.25, -0.2) is 10.9 Å². The SMILES string of the molecule is C=CC(=O)N[NH2+]CC(C)C.[Cl-]. The molecule has 0 rings (SSSR count). The van der Waals surface area contributed by atoms with Gasteiger partial charge in [0.05, 0.1) is 0 Å². The van der Waals surface area contributed by atoms with E-state index in [1.54, 1.807) is 5.43 Å². The Labute approximate surface area is 73.6 Å². The molecule has 0 fully saturated rings. The lowest BCUT2D eigenvalue weighted by molar-refractivity contribution is -0.702. The third-order valence-corrected chi connectivity index (χ3v) is 1.02. The third kappa shape index (κ3) is 9.46. The van der Waals surface area contributed by atoms with E-state index in [2.05, 4.69) is 25.9 Å². The van der Waals surface area contributed by atoms with Crippen LogP contribution in [0.3, 0.4) is 0 Å². The quantitative estimate of drug-likeness (QED) is 0.199. The van der Waals surface area contributed by atoms with Crippen LogP contribution < -0.4 is 23.3 Å². The summed E-state index contributed by atoms with van der Waals surface area (Å²) < 4.78 is 0. The molecule has 0 aliphatic heterocycles. The first-order chi connectivity index (χ1) is 4.66. The summed E-state index contributed by atoms with van der Waals surface area (Å²) in [5.74, 6) is 0.450. The molecule has 0 bridgehead atoms. The van der Waals surface area contributed by atoms with Crippen molar-refractivity contribution in [3.63, 3.8) is 0 Å². The van der Waals surface area contributed by atoms with Gasteiger partial charge in [0, 0.05) is 12.0 Å². The molecule has 0 aliphatic rings. The van der Waals surface area contributed by atoms with E-state index in [4.69, 9.17) is 0 Å². The molecule has 4 heteroatoms. The van der Waals surface area contributed by atoms with Gasteiger partial charge in [0.25, 0.3) is 5.91 Å². The summed E-state index contributed by atoms with van der Waals surface area (Å²) in [6.45, 7) is 8.42. The second-order valence-electron chi connectivity index (χ2n) is 2.55. The minimum Gasteiger partial charge on any atom is -1.00 e. The molecule has 0 atom stereocenters. The molecule has 66 valence electrons. The van der Waals surface area contributed by atoms with Gasteiger partial charge in [0.2, 0.25) is 0 Å². The lowest BCUT2D eigenvalue weighted by Crippen LogP contribution is -3.00. The van der Waals surface area contributed by atoms with E-state index in [-0.39, 0.29) is 18.3 Å². The van der Waals surface area contributed by atoms with Crippen molar-refractivity contribution in [2.75, 3.05) is 6.54 Å². The van der Waals surface area contributed by atoms with Crippen molar-refractivity contribution in [3.8, 4) is 0 Å². The maximum absolute atomic E-state index is 10.5. The highest BCUT2D eigenvalue weighted by atomic mass is 35.5. The Bertz CT molecular complexity index is 126. The molecule has 0 saturated heterocycles. The normalized spacial score (nSPS) is 8.64. The highest BCUT2D eigenvalue weighted by molar-refractivity contribution is 5.85. The molecule has 0 aromatic carbocycles. The Kier molecular flexibility index (Phi) is 9.00. The monoisotopic (exact) mass is 178 g/mol. The molecule has 1 amide bonds. The fourth-order valence-corrected chi connectivity index (χ4v) is 0.454. The van der Waals surface area contributed by atoms with Crippen LogP contribution in [0.15, 0.2) is 12.7 Å². The van der Waals surface area contributed by atoms with Gasteiger partial charge in [-0.15, -0.1) is 0 Å². The molecule has 0 unspecified atom stereocenters. The predicted molar refractivity (Wildman–Crippen MR) is 40.0 cm³/mol. The molecule has 11 heavy (non-hydrogen) atoms. The smallest absolute Gasteiger partial charge is 0.287 e. The van der Waals surface area contributed by atoms with Gasteiger partial charge in [0.1, 0.15) is 6.54 Å². The van der Waals surface area contributed by atoms with Crippen molar-refractivity contribution in [1.29, 1.82) is 0 Å². The number of nitrogens with one attached hydrogen (secondary N) is 1. The van der Waals surface area contributed by atoms with Gasteiger partial charge in [-0.3, -0.25) is 4.79 Å². The zero-order chi connectivity index (χ0) is 7.98. The Hall–Kier alpha value is -0.540. The first-order valence-corrected chi connectivity index (χ1v) is 3.41. The fourth-order valence-electron chi connectivity index (χ4n) is 0.454. The largest absolute Gasteiger partial charge is 1.00 e.